The summed E-state index contributed by atoms with van der Waals surface area (Å²) < 4.78 is 0. The number of hydrogen-bond acceptors (Lipinski definition) is 1. The number of nitrogens with one attached hydrogen (secondary N) is 1. The summed E-state index contributed by atoms with van der Waals surface area (Å²) in [6, 6.07) is 6.79. The third kappa shape index (κ3) is 2.83. The maximum Gasteiger partial charge on any atom is 0.0438 e. The zero-order chi connectivity index (χ0) is 12.3. The van der Waals surface area contributed by atoms with E-state index in [0.717, 1.165) is 17.5 Å². The molecule has 0 aromatic heterocycles. The van der Waals surface area contributed by atoms with Crippen molar-refractivity contribution < 1.29 is 0 Å². The zero-order valence-corrected chi connectivity index (χ0v) is 11.6. The van der Waals surface area contributed by atoms with Crippen LogP contribution in [0.4, 0.5) is 0 Å². The second-order valence-electron chi connectivity index (χ2n) is 5.08. The van der Waals surface area contributed by atoms with E-state index in [1.165, 1.54) is 36.8 Å². The second-order valence-corrected chi connectivity index (χ2v) is 5.48. The first-order valence-corrected chi connectivity index (χ1v) is 7.10. The molecule has 94 valence electrons. The van der Waals surface area contributed by atoms with E-state index in [1.807, 2.05) is 6.07 Å². The molecule has 1 N–H and O–H groups in total. The van der Waals surface area contributed by atoms with Crippen LogP contribution in [0, 0.1) is 12.8 Å². The first-order valence-electron chi connectivity index (χ1n) is 6.72. The van der Waals surface area contributed by atoms with Gasteiger partial charge in [0.05, 0.1) is 0 Å². The summed E-state index contributed by atoms with van der Waals surface area (Å²) in [4.78, 5) is 0. The second kappa shape index (κ2) is 5.88. The van der Waals surface area contributed by atoms with Crippen LogP contribution in [-0.4, -0.2) is 6.54 Å². The van der Waals surface area contributed by atoms with E-state index >= 15 is 0 Å². The van der Waals surface area contributed by atoms with E-state index in [-0.39, 0.29) is 0 Å². The quantitative estimate of drug-likeness (QED) is 0.813. The number of benzene rings is 1. The van der Waals surface area contributed by atoms with Gasteiger partial charge in [-0.15, -0.1) is 0 Å². The van der Waals surface area contributed by atoms with Gasteiger partial charge in [0.2, 0.25) is 0 Å². The van der Waals surface area contributed by atoms with Crippen LogP contribution in [0.5, 0.6) is 0 Å². The minimum atomic E-state index is 0.502. The highest BCUT2D eigenvalue weighted by Crippen LogP contribution is 2.39. The Morgan fingerprint density at radius 2 is 2.18 bits per heavy atom. The number of halogens is 1. The van der Waals surface area contributed by atoms with E-state index in [1.54, 1.807) is 0 Å². The Morgan fingerprint density at radius 3 is 2.76 bits per heavy atom. The molecule has 2 heteroatoms. The molecule has 0 amide bonds. The first kappa shape index (κ1) is 12.9. The van der Waals surface area contributed by atoms with Crippen LogP contribution < -0.4 is 5.32 Å². The first-order chi connectivity index (χ1) is 8.24. The molecule has 1 fully saturated rings. The molecule has 1 unspecified atom stereocenters. The topological polar surface area (TPSA) is 12.0 Å². The molecule has 1 aliphatic carbocycles. The molecule has 1 saturated carbocycles. The van der Waals surface area contributed by atoms with E-state index < -0.39 is 0 Å². The van der Waals surface area contributed by atoms with Gasteiger partial charge in [0.25, 0.3) is 0 Å². The van der Waals surface area contributed by atoms with Crippen LogP contribution in [0.2, 0.25) is 5.02 Å². The van der Waals surface area contributed by atoms with E-state index in [2.05, 4.69) is 31.3 Å². The van der Waals surface area contributed by atoms with Crippen molar-refractivity contribution in [3.05, 3.63) is 34.3 Å². The SMILES string of the molecule is CCCNC(c1cccc(Cl)c1C)C1CCC1. The summed E-state index contributed by atoms with van der Waals surface area (Å²) in [5.74, 6) is 0.804. The fourth-order valence-corrected chi connectivity index (χ4v) is 2.75. The van der Waals surface area contributed by atoms with Gasteiger partial charge in [0, 0.05) is 11.1 Å². The van der Waals surface area contributed by atoms with Crippen molar-refractivity contribution in [2.24, 2.45) is 5.92 Å². The van der Waals surface area contributed by atoms with Gasteiger partial charge >= 0.3 is 0 Å². The van der Waals surface area contributed by atoms with Gasteiger partial charge in [-0.3, -0.25) is 0 Å². The van der Waals surface area contributed by atoms with Crippen molar-refractivity contribution >= 4 is 11.6 Å². The Balaban J connectivity index is 2.21. The monoisotopic (exact) mass is 251 g/mol. The van der Waals surface area contributed by atoms with Crippen molar-refractivity contribution in [2.45, 2.75) is 45.6 Å². The maximum atomic E-state index is 6.23. The summed E-state index contributed by atoms with van der Waals surface area (Å²) in [5.41, 5.74) is 2.64. The molecular weight excluding hydrogens is 230 g/mol. The smallest absolute Gasteiger partial charge is 0.0438 e. The molecule has 0 spiro atoms. The minimum absolute atomic E-state index is 0.502. The van der Waals surface area contributed by atoms with Crippen LogP contribution in [0.25, 0.3) is 0 Å². The summed E-state index contributed by atoms with van der Waals surface area (Å²) in [6.45, 7) is 5.44. The Hall–Kier alpha value is -0.530. The standard InChI is InChI=1S/C15H22ClN/c1-3-10-17-15(12-6-4-7-12)13-8-5-9-14(16)11(13)2/h5,8-9,12,15,17H,3-4,6-7,10H2,1-2H3. The van der Waals surface area contributed by atoms with Crippen LogP contribution in [0.3, 0.4) is 0 Å². The maximum absolute atomic E-state index is 6.23. The third-order valence-corrected chi connectivity index (χ3v) is 4.29. The van der Waals surface area contributed by atoms with Crippen LogP contribution in [0.15, 0.2) is 18.2 Å². The molecule has 0 heterocycles. The summed E-state index contributed by atoms with van der Waals surface area (Å²) in [6.07, 6.45) is 5.28. The molecule has 2 rings (SSSR count). The van der Waals surface area contributed by atoms with Gasteiger partial charge in [0.1, 0.15) is 0 Å². The Labute approximate surface area is 110 Å². The molecule has 1 aromatic rings. The molecule has 1 atom stereocenters. The Morgan fingerprint density at radius 1 is 1.41 bits per heavy atom. The predicted molar refractivity (Wildman–Crippen MR) is 74.6 cm³/mol. The highest BCUT2D eigenvalue weighted by atomic mass is 35.5. The fourth-order valence-electron chi connectivity index (χ4n) is 2.56. The van der Waals surface area contributed by atoms with Crippen LogP contribution >= 0.6 is 11.6 Å². The van der Waals surface area contributed by atoms with E-state index in [9.17, 15) is 0 Å². The molecule has 1 aliphatic rings. The van der Waals surface area contributed by atoms with Crippen molar-refractivity contribution in [1.29, 1.82) is 0 Å². The lowest BCUT2D eigenvalue weighted by molar-refractivity contribution is 0.230. The van der Waals surface area contributed by atoms with Crippen molar-refractivity contribution in [1.82, 2.24) is 5.32 Å². The van der Waals surface area contributed by atoms with E-state index in [0.29, 0.717) is 6.04 Å². The number of rotatable bonds is 5. The average molecular weight is 252 g/mol. The van der Waals surface area contributed by atoms with E-state index in [4.69, 9.17) is 11.6 Å². The van der Waals surface area contributed by atoms with Gasteiger partial charge in [-0.05, 0) is 55.8 Å². The van der Waals surface area contributed by atoms with Crippen molar-refractivity contribution in [3.8, 4) is 0 Å². The van der Waals surface area contributed by atoms with Gasteiger partial charge in [-0.1, -0.05) is 37.1 Å². The lowest BCUT2D eigenvalue weighted by Crippen LogP contribution is -2.33. The predicted octanol–water partition coefficient (Wildman–Crippen LogP) is 4.49. The average Bonchev–Trinajstić information content (AvgIpc) is 2.26. The van der Waals surface area contributed by atoms with Gasteiger partial charge in [-0.2, -0.15) is 0 Å². The van der Waals surface area contributed by atoms with Gasteiger partial charge in [0.15, 0.2) is 0 Å². The molecule has 1 nitrogen and oxygen atoms in total. The van der Waals surface area contributed by atoms with Crippen molar-refractivity contribution in [3.63, 3.8) is 0 Å². The summed E-state index contributed by atoms with van der Waals surface area (Å²) in [5, 5.41) is 4.59. The van der Waals surface area contributed by atoms with Crippen LogP contribution in [-0.2, 0) is 0 Å². The lowest BCUT2D eigenvalue weighted by Gasteiger charge is -2.35. The highest BCUT2D eigenvalue weighted by Gasteiger charge is 2.29. The fraction of sp³-hybridized carbons (Fsp3) is 0.600. The molecule has 0 bridgehead atoms. The zero-order valence-electron chi connectivity index (χ0n) is 10.8. The van der Waals surface area contributed by atoms with Gasteiger partial charge < -0.3 is 5.32 Å². The number of hydrogen-bond donors (Lipinski definition) is 1. The third-order valence-electron chi connectivity index (χ3n) is 3.88. The molecular formula is C15H22ClN. The molecule has 1 aromatic carbocycles. The molecule has 17 heavy (non-hydrogen) atoms. The van der Waals surface area contributed by atoms with Gasteiger partial charge in [-0.25, -0.2) is 0 Å². The minimum Gasteiger partial charge on any atom is -0.310 e. The molecule has 0 saturated heterocycles. The lowest BCUT2D eigenvalue weighted by atomic mass is 9.76. The molecule has 0 radical (unpaired) electrons. The van der Waals surface area contributed by atoms with Crippen LogP contribution in [0.1, 0.15) is 49.8 Å². The molecule has 0 aliphatic heterocycles. The largest absolute Gasteiger partial charge is 0.310 e. The Kier molecular flexibility index (Phi) is 4.47. The Bertz CT molecular complexity index is 371. The van der Waals surface area contributed by atoms with Crippen molar-refractivity contribution in [2.75, 3.05) is 6.54 Å². The summed E-state index contributed by atoms with van der Waals surface area (Å²) in [7, 11) is 0. The highest BCUT2D eigenvalue weighted by molar-refractivity contribution is 6.31. The summed E-state index contributed by atoms with van der Waals surface area (Å²) >= 11 is 6.23. The normalized spacial score (nSPS) is 17.8.